The first kappa shape index (κ1) is 25.1. The van der Waals surface area contributed by atoms with Gasteiger partial charge >= 0.3 is 0 Å². The minimum absolute atomic E-state index is 0.0366. The third-order valence-electron chi connectivity index (χ3n) is 7.92. The maximum Gasteiger partial charge on any atom is 0.277 e. The van der Waals surface area contributed by atoms with Crippen LogP contribution < -0.4 is 9.64 Å². The van der Waals surface area contributed by atoms with Crippen molar-refractivity contribution in [1.29, 1.82) is 0 Å². The van der Waals surface area contributed by atoms with Crippen LogP contribution >= 0.6 is 0 Å². The number of morpholine rings is 1. The fourth-order valence-electron chi connectivity index (χ4n) is 5.65. The molecule has 6 rings (SSSR count). The second-order valence-electron chi connectivity index (χ2n) is 10.4. The molecule has 0 radical (unpaired) electrons. The number of benzene rings is 2. The van der Waals surface area contributed by atoms with Crippen LogP contribution in [0.2, 0.25) is 0 Å². The van der Waals surface area contributed by atoms with Gasteiger partial charge in [0.25, 0.3) is 5.91 Å². The van der Waals surface area contributed by atoms with Crippen molar-refractivity contribution in [3.05, 3.63) is 65.4 Å². The number of ether oxygens (including phenoxy) is 2. The number of rotatable bonds is 7. The van der Waals surface area contributed by atoms with Gasteiger partial charge in [0.15, 0.2) is 14.9 Å². The van der Waals surface area contributed by atoms with Gasteiger partial charge in [0, 0.05) is 49.1 Å². The van der Waals surface area contributed by atoms with Crippen molar-refractivity contribution in [3.8, 4) is 11.4 Å². The molecule has 2 aromatic carbocycles. The number of hydrogen-bond acceptors (Lipinski definition) is 7. The van der Waals surface area contributed by atoms with Gasteiger partial charge < -0.3 is 14.4 Å². The standard InChI is InChI=1S/C28H32N4O5S/c1-36-23-9-7-22(8-10-23)32-25-24(26(29-32)38(2,34)35)11-14-31(27(25)33)21-5-3-20(4-6-21)28(12-13-28)19-30-15-17-37-18-16-30/h3-10H,11-19H2,1-2H3. The van der Waals surface area contributed by atoms with E-state index in [1.165, 1.54) is 23.1 Å². The molecule has 2 fully saturated rings. The SMILES string of the molecule is COc1ccc(-n2nc(S(C)(=O)=O)c3c2C(=O)N(c2ccc(C4(CN5CCOCC5)CC4)cc2)CC3)cc1. The Hall–Kier alpha value is -3.21. The summed E-state index contributed by atoms with van der Waals surface area (Å²) in [6.45, 7) is 4.96. The molecule has 0 bridgehead atoms. The van der Waals surface area contributed by atoms with E-state index < -0.39 is 9.84 Å². The van der Waals surface area contributed by atoms with Crippen molar-refractivity contribution in [2.45, 2.75) is 29.7 Å². The molecule has 38 heavy (non-hydrogen) atoms. The molecular weight excluding hydrogens is 504 g/mol. The Morgan fingerprint density at radius 2 is 1.63 bits per heavy atom. The number of methoxy groups -OCH3 is 1. The Kier molecular flexibility index (Phi) is 6.28. The third-order valence-corrected chi connectivity index (χ3v) is 8.95. The monoisotopic (exact) mass is 536 g/mol. The molecule has 1 saturated heterocycles. The van der Waals surface area contributed by atoms with Gasteiger partial charge in [0.1, 0.15) is 11.4 Å². The summed E-state index contributed by atoms with van der Waals surface area (Å²) in [5, 5.41) is 4.37. The van der Waals surface area contributed by atoms with Crippen molar-refractivity contribution < 1.29 is 22.7 Å². The van der Waals surface area contributed by atoms with Crippen LogP contribution in [0, 0.1) is 0 Å². The molecule has 2 aliphatic heterocycles. The second-order valence-corrected chi connectivity index (χ2v) is 12.4. The largest absolute Gasteiger partial charge is 0.497 e. The van der Waals surface area contributed by atoms with Crippen LogP contribution in [0.25, 0.3) is 5.69 Å². The number of anilines is 1. The van der Waals surface area contributed by atoms with Crippen molar-refractivity contribution >= 4 is 21.4 Å². The number of carbonyl (C=O) groups is 1. The van der Waals surface area contributed by atoms with Gasteiger partial charge in [-0.05, 0) is 61.2 Å². The van der Waals surface area contributed by atoms with Gasteiger partial charge in [-0.3, -0.25) is 9.69 Å². The van der Waals surface area contributed by atoms with Crippen molar-refractivity contribution in [2.24, 2.45) is 0 Å². The molecule has 1 aliphatic carbocycles. The number of amides is 1. The van der Waals surface area contributed by atoms with Gasteiger partial charge in [0.2, 0.25) is 0 Å². The van der Waals surface area contributed by atoms with Crippen LogP contribution in [0.4, 0.5) is 5.69 Å². The number of hydrogen-bond donors (Lipinski definition) is 0. The molecule has 1 aromatic heterocycles. The molecular formula is C28H32N4O5S. The summed E-state index contributed by atoms with van der Waals surface area (Å²) >= 11 is 0. The van der Waals surface area contributed by atoms with Crippen molar-refractivity contribution in [3.63, 3.8) is 0 Å². The van der Waals surface area contributed by atoms with Crippen LogP contribution in [0.15, 0.2) is 53.6 Å². The summed E-state index contributed by atoms with van der Waals surface area (Å²) in [6, 6.07) is 15.4. The molecule has 9 nitrogen and oxygen atoms in total. The van der Waals surface area contributed by atoms with Crippen molar-refractivity contribution in [2.75, 3.05) is 57.7 Å². The lowest BCUT2D eigenvalue weighted by Crippen LogP contribution is -2.41. The number of carbonyl (C=O) groups excluding carboxylic acids is 1. The van der Waals surface area contributed by atoms with Gasteiger partial charge in [-0.1, -0.05) is 12.1 Å². The van der Waals surface area contributed by atoms with Crippen LogP contribution in [0.3, 0.4) is 0 Å². The van der Waals surface area contributed by atoms with Crippen LogP contribution in [-0.4, -0.2) is 81.8 Å². The molecule has 3 aliphatic rings. The highest BCUT2D eigenvalue weighted by Gasteiger charge is 2.45. The topological polar surface area (TPSA) is 94.0 Å². The molecule has 0 spiro atoms. The lowest BCUT2D eigenvalue weighted by Gasteiger charge is -2.31. The molecule has 200 valence electrons. The minimum Gasteiger partial charge on any atom is -0.497 e. The van der Waals surface area contributed by atoms with Crippen LogP contribution in [0.5, 0.6) is 5.75 Å². The minimum atomic E-state index is -3.62. The van der Waals surface area contributed by atoms with E-state index in [4.69, 9.17) is 9.47 Å². The fourth-order valence-corrected chi connectivity index (χ4v) is 6.53. The summed E-state index contributed by atoms with van der Waals surface area (Å²) in [6.07, 6.45) is 3.88. The number of fused-ring (bicyclic) bond motifs is 1. The Bertz CT molecular complexity index is 1450. The summed E-state index contributed by atoms with van der Waals surface area (Å²) in [5.41, 5.74) is 3.66. The van der Waals surface area contributed by atoms with E-state index in [9.17, 15) is 13.2 Å². The fraction of sp³-hybridized carbons (Fsp3) is 0.429. The van der Waals surface area contributed by atoms with Crippen LogP contribution in [-0.2, 0) is 26.4 Å². The first-order valence-electron chi connectivity index (χ1n) is 13.0. The van der Waals surface area contributed by atoms with E-state index in [-0.39, 0.29) is 22.0 Å². The van der Waals surface area contributed by atoms with E-state index in [2.05, 4.69) is 22.1 Å². The first-order valence-corrected chi connectivity index (χ1v) is 14.9. The highest BCUT2D eigenvalue weighted by Crippen LogP contribution is 2.49. The average molecular weight is 537 g/mol. The zero-order chi connectivity index (χ0) is 26.5. The maximum atomic E-state index is 13.9. The van der Waals surface area contributed by atoms with E-state index in [1.54, 1.807) is 36.3 Å². The van der Waals surface area contributed by atoms with Gasteiger partial charge in [0.05, 0.1) is 26.0 Å². The van der Waals surface area contributed by atoms with E-state index in [0.717, 1.165) is 44.8 Å². The average Bonchev–Trinajstić information content (AvgIpc) is 3.59. The Labute approximate surface area is 222 Å². The molecule has 0 N–H and O–H groups in total. The summed E-state index contributed by atoms with van der Waals surface area (Å²) in [7, 11) is -2.04. The molecule has 0 atom stereocenters. The zero-order valence-electron chi connectivity index (χ0n) is 21.7. The smallest absolute Gasteiger partial charge is 0.277 e. The van der Waals surface area contributed by atoms with Gasteiger partial charge in [-0.15, -0.1) is 0 Å². The molecule has 1 amide bonds. The molecule has 3 heterocycles. The zero-order valence-corrected chi connectivity index (χ0v) is 22.5. The highest BCUT2D eigenvalue weighted by atomic mass is 32.2. The summed E-state index contributed by atoms with van der Waals surface area (Å²) in [4.78, 5) is 18.1. The molecule has 10 heteroatoms. The normalized spacial score (nSPS) is 19.3. The van der Waals surface area contributed by atoms with E-state index in [0.29, 0.717) is 30.0 Å². The highest BCUT2D eigenvalue weighted by molar-refractivity contribution is 7.90. The maximum absolute atomic E-state index is 13.9. The number of sulfone groups is 1. The number of nitrogens with zero attached hydrogens (tertiary/aromatic N) is 4. The first-order chi connectivity index (χ1) is 18.3. The van der Waals surface area contributed by atoms with E-state index in [1.807, 2.05) is 12.1 Å². The number of aromatic nitrogens is 2. The lowest BCUT2D eigenvalue weighted by atomic mass is 9.94. The van der Waals surface area contributed by atoms with Gasteiger partial charge in [-0.25, -0.2) is 13.1 Å². The second kappa shape index (κ2) is 9.52. The Morgan fingerprint density at radius 1 is 0.974 bits per heavy atom. The Morgan fingerprint density at radius 3 is 2.24 bits per heavy atom. The molecule has 0 unspecified atom stereocenters. The summed E-state index contributed by atoms with van der Waals surface area (Å²) in [5.74, 6) is 0.403. The predicted molar refractivity (Wildman–Crippen MR) is 143 cm³/mol. The van der Waals surface area contributed by atoms with Crippen LogP contribution in [0.1, 0.15) is 34.5 Å². The quantitative estimate of drug-likeness (QED) is 0.458. The van der Waals surface area contributed by atoms with Crippen molar-refractivity contribution in [1.82, 2.24) is 14.7 Å². The predicted octanol–water partition coefficient (Wildman–Crippen LogP) is 2.85. The Balaban J connectivity index is 1.30. The third kappa shape index (κ3) is 4.50. The van der Waals surface area contributed by atoms with Gasteiger partial charge in [-0.2, -0.15) is 5.10 Å². The lowest BCUT2D eigenvalue weighted by molar-refractivity contribution is 0.0336. The van der Waals surface area contributed by atoms with E-state index >= 15 is 0 Å². The molecule has 1 saturated carbocycles. The molecule has 3 aromatic rings. The summed E-state index contributed by atoms with van der Waals surface area (Å²) < 4.78 is 37.3.